The van der Waals surface area contributed by atoms with Crippen LogP contribution in [0.2, 0.25) is 0 Å². The van der Waals surface area contributed by atoms with Crippen LogP contribution in [-0.4, -0.2) is 18.8 Å². The van der Waals surface area contributed by atoms with E-state index in [0.29, 0.717) is 0 Å². The Bertz CT molecular complexity index is 272. The molecule has 0 fully saturated rings. The second-order valence-corrected chi connectivity index (χ2v) is 3.25. The van der Waals surface area contributed by atoms with Gasteiger partial charge >= 0.3 is 0 Å². The minimum Gasteiger partial charge on any atom is -0.381 e. The van der Waals surface area contributed by atoms with Gasteiger partial charge in [0.25, 0.3) is 0 Å². The van der Waals surface area contributed by atoms with E-state index in [-0.39, 0.29) is 6.04 Å². The van der Waals surface area contributed by atoms with Crippen molar-refractivity contribution in [2.45, 2.75) is 19.9 Å². The summed E-state index contributed by atoms with van der Waals surface area (Å²) in [6.07, 6.45) is 7.96. The molecule has 0 bridgehead atoms. The van der Waals surface area contributed by atoms with Gasteiger partial charge in [-0.15, -0.1) is 0 Å². The number of nitrogens with zero attached hydrogens (tertiary/aromatic N) is 1. The number of nitrogens with one attached hydrogen (secondary N) is 1. The first-order chi connectivity index (χ1) is 6.18. The van der Waals surface area contributed by atoms with Crippen LogP contribution in [0.1, 0.15) is 13.8 Å². The quantitative estimate of drug-likeness (QED) is 0.600. The number of hydrogen-bond donors (Lipinski definition) is 1. The lowest BCUT2D eigenvalue weighted by Crippen LogP contribution is -2.25. The van der Waals surface area contributed by atoms with E-state index in [9.17, 15) is 0 Å². The molecule has 1 aliphatic heterocycles. The lowest BCUT2D eigenvalue weighted by molar-refractivity contribution is 0.768. The first-order valence-electron chi connectivity index (χ1n) is 4.48. The topological polar surface area (TPSA) is 24.4 Å². The van der Waals surface area contributed by atoms with Gasteiger partial charge in [0.2, 0.25) is 0 Å². The lowest BCUT2D eigenvalue weighted by Gasteiger charge is -2.11. The largest absolute Gasteiger partial charge is 0.381 e. The Morgan fingerprint density at radius 1 is 1.62 bits per heavy atom. The highest BCUT2D eigenvalue weighted by atomic mass is 14.9. The molecular weight excluding hydrogens is 160 g/mol. The molecule has 1 rings (SSSR count). The summed E-state index contributed by atoms with van der Waals surface area (Å²) in [5.41, 5.74) is 2.13. The summed E-state index contributed by atoms with van der Waals surface area (Å²) < 4.78 is 0. The Morgan fingerprint density at radius 2 is 2.38 bits per heavy atom. The van der Waals surface area contributed by atoms with Crippen LogP contribution in [0.5, 0.6) is 0 Å². The summed E-state index contributed by atoms with van der Waals surface area (Å²) in [7, 11) is 0. The van der Waals surface area contributed by atoms with Crippen molar-refractivity contribution >= 4 is 6.21 Å². The van der Waals surface area contributed by atoms with Crippen LogP contribution in [0.4, 0.5) is 0 Å². The fourth-order valence-corrected chi connectivity index (χ4v) is 1.25. The zero-order valence-corrected chi connectivity index (χ0v) is 8.25. The van der Waals surface area contributed by atoms with E-state index < -0.39 is 0 Å². The summed E-state index contributed by atoms with van der Waals surface area (Å²) in [5.74, 6) is 0. The van der Waals surface area contributed by atoms with Crippen molar-refractivity contribution in [3.63, 3.8) is 0 Å². The standard InChI is InChI=1S/C11H16N2/c1-9-5-4-6-12-8-11(3)13-10(2)7-9/h4-5,7-8,11,13H,1,6H2,2-3H3. The zero-order valence-electron chi connectivity index (χ0n) is 8.25. The van der Waals surface area contributed by atoms with Crippen molar-refractivity contribution in [2.24, 2.45) is 4.99 Å². The minimum atomic E-state index is 0.288. The third-order valence-corrected chi connectivity index (χ3v) is 1.73. The Hall–Kier alpha value is -1.31. The molecule has 70 valence electrons. The molecular formula is C11H16N2. The van der Waals surface area contributed by atoms with E-state index >= 15 is 0 Å². The molecule has 0 spiro atoms. The Kier molecular flexibility index (Phi) is 3.50. The van der Waals surface area contributed by atoms with Crippen LogP contribution in [0.15, 0.2) is 41.1 Å². The van der Waals surface area contributed by atoms with Crippen LogP contribution in [0.25, 0.3) is 0 Å². The van der Waals surface area contributed by atoms with Crippen LogP contribution in [0, 0.1) is 0 Å². The molecule has 0 saturated carbocycles. The number of rotatable bonds is 0. The molecule has 0 amide bonds. The number of hydrogen-bond acceptors (Lipinski definition) is 2. The second kappa shape index (κ2) is 4.65. The van der Waals surface area contributed by atoms with E-state index in [1.54, 1.807) is 0 Å². The van der Waals surface area contributed by atoms with E-state index in [2.05, 4.69) is 23.8 Å². The predicted octanol–water partition coefficient (Wildman–Crippen LogP) is 2.07. The fraction of sp³-hybridized carbons (Fsp3) is 0.364. The molecule has 0 aromatic heterocycles. The Labute approximate surface area is 79.8 Å². The zero-order chi connectivity index (χ0) is 9.68. The maximum atomic E-state index is 4.24. The van der Waals surface area contributed by atoms with Crippen LogP contribution < -0.4 is 5.32 Å². The molecule has 13 heavy (non-hydrogen) atoms. The van der Waals surface area contributed by atoms with Crippen LogP contribution in [-0.2, 0) is 0 Å². The second-order valence-electron chi connectivity index (χ2n) is 3.25. The summed E-state index contributed by atoms with van der Waals surface area (Å²) >= 11 is 0. The van der Waals surface area contributed by atoms with Gasteiger partial charge in [0.15, 0.2) is 0 Å². The SMILES string of the molecule is C=C1C=CCN=CC(C)NC(C)=C1. The van der Waals surface area contributed by atoms with Gasteiger partial charge in [0.1, 0.15) is 0 Å². The summed E-state index contributed by atoms with van der Waals surface area (Å²) in [6.45, 7) is 8.75. The predicted molar refractivity (Wildman–Crippen MR) is 58.0 cm³/mol. The van der Waals surface area contributed by atoms with Gasteiger partial charge in [-0.05, 0) is 25.5 Å². The van der Waals surface area contributed by atoms with E-state index in [0.717, 1.165) is 17.8 Å². The van der Waals surface area contributed by atoms with Crippen molar-refractivity contribution in [3.8, 4) is 0 Å². The van der Waals surface area contributed by atoms with E-state index in [1.165, 1.54) is 0 Å². The highest BCUT2D eigenvalue weighted by Gasteiger charge is 1.97. The van der Waals surface area contributed by atoms with Crippen LogP contribution >= 0.6 is 0 Å². The fourth-order valence-electron chi connectivity index (χ4n) is 1.25. The first kappa shape index (κ1) is 9.78. The molecule has 2 nitrogen and oxygen atoms in total. The summed E-state index contributed by atoms with van der Waals surface area (Å²) in [4.78, 5) is 4.24. The third kappa shape index (κ3) is 3.74. The highest BCUT2D eigenvalue weighted by Crippen LogP contribution is 2.01. The number of aliphatic imine (C=N–C) groups is 1. The molecule has 1 unspecified atom stereocenters. The Morgan fingerprint density at radius 3 is 3.15 bits per heavy atom. The Balaban J connectivity index is 2.79. The molecule has 1 aliphatic rings. The molecule has 1 atom stereocenters. The van der Waals surface area contributed by atoms with E-state index in [1.807, 2.05) is 31.4 Å². The minimum absolute atomic E-state index is 0.288. The molecule has 0 aromatic rings. The lowest BCUT2D eigenvalue weighted by atomic mass is 10.2. The molecule has 0 saturated heterocycles. The van der Waals surface area contributed by atoms with E-state index in [4.69, 9.17) is 0 Å². The normalized spacial score (nSPS) is 23.7. The molecule has 2 heteroatoms. The molecule has 0 aromatic carbocycles. The molecule has 1 heterocycles. The highest BCUT2D eigenvalue weighted by molar-refractivity contribution is 5.64. The van der Waals surface area contributed by atoms with Gasteiger partial charge in [-0.1, -0.05) is 18.7 Å². The molecule has 0 aliphatic carbocycles. The molecule has 1 N–H and O–H groups in total. The maximum Gasteiger partial charge on any atom is 0.0580 e. The average Bonchev–Trinajstić information content (AvgIpc) is 2.02. The average molecular weight is 176 g/mol. The van der Waals surface area contributed by atoms with Gasteiger partial charge < -0.3 is 5.32 Å². The molecule has 0 radical (unpaired) electrons. The summed E-state index contributed by atoms with van der Waals surface area (Å²) in [6, 6.07) is 0.288. The van der Waals surface area contributed by atoms with Crippen molar-refractivity contribution < 1.29 is 0 Å². The smallest absolute Gasteiger partial charge is 0.0580 e. The van der Waals surface area contributed by atoms with Crippen molar-refractivity contribution in [1.29, 1.82) is 0 Å². The van der Waals surface area contributed by atoms with Crippen molar-refractivity contribution in [1.82, 2.24) is 5.32 Å². The van der Waals surface area contributed by atoms with Gasteiger partial charge in [-0.3, -0.25) is 4.99 Å². The van der Waals surface area contributed by atoms with Gasteiger partial charge in [-0.25, -0.2) is 0 Å². The van der Waals surface area contributed by atoms with Crippen LogP contribution in [0.3, 0.4) is 0 Å². The number of allylic oxidation sites excluding steroid dienone is 4. The van der Waals surface area contributed by atoms with Gasteiger partial charge in [0.05, 0.1) is 12.6 Å². The maximum absolute atomic E-state index is 4.24. The van der Waals surface area contributed by atoms with Gasteiger partial charge in [0, 0.05) is 11.9 Å². The first-order valence-corrected chi connectivity index (χ1v) is 4.48. The van der Waals surface area contributed by atoms with Crippen molar-refractivity contribution in [2.75, 3.05) is 6.54 Å². The van der Waals surface area contributed by atoms with Gasteiger partial charge in [-0.2, -0.15) is 0 Å². The van der Waals surface area contributed by atoms with Crippen molar-refractivity contribution in [3.05, 3.63) is 36.1 Å². The third-order valence-electron chi connectivity index (χ3n) is 1.73. The monoisotopic (exact) mass is 176 g/mol. The summed E-state index contributed by atoms with van der Waals surface area (Å²) in [5, 5.41) is 3.30.